The summed E-state index contributed by atoms with van der Waals surface area (Å²) in [4.78, 5) is 7.03. The summed E-state index contributed by atoms with van der Waals surface area (Å²) in [5.41, 5.74) is 6.75. The average molecular weight is 237 g/mol. The Kier molecular flexibility index (Phi) is 4.18. The highest BCUT2D eigenvalue weighted by Gasteiger charge is 2.23. The van der Waals surface area contributed by atoms with Gasteiger partial charge in [0.25, 0.3) is 0 Å². The van der Waals surface area contributed by atoms with E-state index in [0.717, 1.165) is 50.5 Å². The van der Waals surface area contributed by atoms with Gasteiger partial charge in [0, 0.05) is 18.4 Å². The van der Waals surface area contributed by atoms with Crippen molar-refractivity contribution in [2.45, 2.75) is 45.1 Å². The molecular weight excluding hydrogens is 214 g/mol. The molecule has 1 aromatic rings. The largest absolute Gasteiger partial charge is 0.448 e. The molecule has 0 saturated carbocycles. The van der Waals surface area contributed by atoms with E-state index in [2.05, 4.69) is 16.8 Å². The minimum Gasteiger partial charge on any atom is -0.448 e. The van der Waals surface area contributed by atoms with Crippen LogP contribution in [0.1, 0.15) is 44.2 Å². The van der Waals surface area contributed by atoms with E-state index in [1.165, 1.54) is 0 Å². The number of piperidine rings is 1. The standard InChI is InChI=1S/C13H23N3O/c1-3-16-6-4-11(5-7-16)13-15-12(9-17-13)8-10(2)14/h9-11H,3-8,14H2,1-2H3. The van der Waals surface area contributed by atoms with Crippen molar-refractivity contribution >= 4 is 0 Å². The molecule has 17 heavy (non-hydrogen) atoms. The lowest BCUT2D eigenvalue weighted by atomic mass is 9.97. The normalized spacial score (nSPS) is 20.6. The molecule has 4 nitrogen and oxygen atoms in total. The maximum atomic E-state index is 5.76. The molecule has 0 bridgehead atoms. The van der Waals surface area contributed by atoms with Crippen LogP contribution in [-0.4, -0.2) is 35.6 Å². The molecule has 0 radical (unpaired) electrons. The zero-order valence-corrected chi connectivity index (χ0v) is 10.9. The van der Waals surface area contributed by atoms with Crippen LogP contribution in [0, 0.1) is 0 Å². The first-order valence-electron chi connectivity index (χ1n) is 6.61. The highest BCUT2D eigenvalue weighted by molar-refractivity contribution is 5.03. The van der Waals surface area contributed by atoms with Gasteiger partial charge in [0.2, 0.25) is 0 Å². The van der Waals surface area contributed by atoms with Gasteiger partial charge in [0.05, 0.1) is 5.69 Å². The summed E-state index contributed by atoms with van der Waals surface area (Å²) < 4.78 is 5.59. The summed E-state index contributed by atoms with van der Waals surface area (Å²) in [6.45, 7) is 7.67. The smallest absolute Gasteiger partial charge is 0.197 e. The SMILES string of the molecule is CCN1CCC(c2nc(CC(C)N)co2)CC1. The molecule has 0 amide bonds. The third kappa shape index (κ3) is 3.30. The summed E-state index contributed by atoms with van der Waals surface area (Å²) in [5.74, 6) is 1.41. The van der Waals surface area contributed by atoms with Gasteiger partial charge in [-0.2, -0.15) is 0 Å². The fourth-order valence-electron chi connectivity index (χ4n) is 2.43. The topological polar surface area (TPSA) is 55.3 Å². The summed E-state index contributed by atoms with van der Waals surface area (Å²) in [5, 5.41) is 0. The second-order valence-corrected chi connectivity index (χ2v) is 5.07. The molecule has 96 valence electrons. The van der Waals surface area contributed by atoms with E-state index in [4.69, 9.17) is 10.2 Å². The highest BCUT2D eigenvalue weighted by Crippen LogP contribution is 2.27. The van der Waals surface area contributed by atoms with Crippen molar-refractivity contribution in [2.75, 3.05) is 19.6 Å². The molecule has 0 aliphatic carbocycles. The van der Waals surface area contributed by atoms with E-state index >= 15 is 0 Å². The average Bonchev–Trinajstić information content (AvgIpc) is 2.77. The monoisotopic (exact) mass is 237 g/mol. The molecule has 1 unspecified atom stereocenters. The van der Waals surface area contributed by atoms with Crippen molar-refractivity contribution in [3.8, 4) is 0 Å². The third-order valence-corrected chi connectivity index (χ3v) is 3.48. The number of rotatable bonds is 4. The molecule has 4 heteroatoms. The van der Waals surface area contributed by atoms with Gasteiger partial charge in [0.1, 0.15) is 6.26 Å². The Hall–Kier alpha value is -0.870. The third-order valence-electron chi connectivity index (χ3n) is 3.48. The second-order valence-electron chi connectivity index (χ2n) is 5.07. The lowest BCUT2D eigenvalue weighted by molar-refractivity contribution is 0.208. The summed E-state index contributed by atoms with van der Waals surface area (Å²) >= 11 is 0. The Morgan fingerprint density at radius 2 is 2.24 bits per heavy atom. The van der Waals surface area contributed by atoms with Crippen molar-refractivity contribution in [1.29, 1.82) is 0 Å². The van der Waals surface area contributed by atoms with Crippen molar-refractivity contribution in [1.82, 2.24) is 9.88 Å². The molecule has 1 aliphatic rings. The Labute approximate surface area is 103 Å². The highest BCUT2D eigenvalue weighted by atomic mass is 16.3. The van der Waals surface area contributed by atoms with Crippen LogP contribution in [0.15, 0.2) is 10.7 Å². The minimum atomic E-state index is 0.148. The van der Waals surface area contributed by atoms with E-state index < -0.39 is 0 Å². The molecule has 1 fully saturated rings. The number of aromatic nitrogens is 1. The minimum absolute atomic E-state index is 0.148. The molecule has 2 rings (SSSR count). The van der Waals surface area contributed by atoms with Crippen molar-refractivity contribution in [3.05, 3.63) is 17.8 Å². The fraction of sp³-hybridized carbons (Fsp3) is 0.769. The Bertz CT molecular complexity index is 340. The van der Waals surface area contributed by atoms with E-state index in [1.54, 1.807) is 6.26 Å². The number of nitrogens with zero attached hydrogens (tertiary/aromatic N) is 2. The number of hydrogen-bond donors (Lipinski definition) is 1. The fourth-order valence-corrected chi connectivity index (χ4v) is 2.43. The number of nitrogens with two attached hydrogens (primary N) is 1. The Balaban J connectivity index is 1.92. The summed E-state index contributed by atoms with van der Waals surface area (Å²) in [6, 6.07) is 0.148. The predicted octanol–water partition coefficient (Wildman–Crippen LogP) is 1.76. The molecule has 0 spiro atoms. The van der Waals surface area contributed by atoms with Crippen molar-refractivity contribution in [2.24, 2.45) is 5.73 Å². The van der Waals surface area contributed by atoms with Crippen LogP contribution in [0.2, 0.25) is 0 Å². The zero-order chi connectivity index (χ0) is 12.3. The van der Waals surface area contributed by atoms with Gasteiger partial charge in [-0.25, -0.2) is 4.98 Å². The van der Waals surface area contributed by atoms with Crippen LogP contribution in [0.25, 0.3) is 0 Å². The molecule has 1 aliphatic heterocycles. The summed E-state index contributed by atoms with van der Waals surface area (Å²) in [7, 11) is 0. The number of likely N-dealkylation sites (tertiary alicyclic amines) is 1. The van der Waals surface area contributed by atoms with Crippen molar-refractivity contribution < 1.29 is 4.42 Å². The molecule has 2 heterocycles. The van der Waals surface area contributed by atoms with E-state index in [-0.39, 0.29) is 6.04 Å². The lowest BCUT2D eigenvalue weighted by Gasteiger charge is -2.29. The van der Waals surface area contributed by atoms with Gasteiger partial charge >= 0.3 is 0 Å². The Morgan fingerprint density at radius 1 is 1.53 bits per heavy atom. The van der Waals surface area contributed by atoms with Crippen LogP contribution < -0.4 is 5.73 Å². The first-order chi connectivity index (χ1) is 8.19. The van der Waals surface area contributed by atoms with Crippen LogP contribution in [-0.2, 0) is 6.42 Å². The molecule has 1 aromatic heterocycles. The first-order valence-corrected chi connectivity index (χ1v) is 6.61. The van der Waals surface area contributed by atoms with Crippen LogP contribution in [0.3, 0.4) is 0 Å². The molecule has 1 atom stereocenters. The maximum Gasteiger partial charge on any atom is 0.197 e. The first kappa shape index (κ1) is 12.6. The van der Waals surface area contributed by atoms with Crippen LogP contribution >= 0.6 is 0 Å². The van der Waals surface area contributed by atoms with Gasteiger partial charge in [-0.3, -0.25) is 0 Å². The van der Waals surface area contributed by atoms with Gasteiger partial charge in [-0.05, 0) is 39.4 Å². The Morgan fingerprint density at radius 3 is 2.82 bits per heavy atom. The van der Waals surface area contributed by atoms with Gasteiger partial charge in [0.15, 0.2) is 5.89 Å². The van der Waals surface area contributed by atoms with E-state index in [1.807, 2.05) is 6.92 Å². The number of oxazole rings is 1. The molecular formula is C13H23N3O. The van der Waals surface area contributed by atoms with Crippen molar-refractivity contribution in [3.63, 3.8) is 0 Å². The van der Waals surface area contributed by atoms with Crippen LogP contribution in [0.4, 0.5) is 0 Å². The lowest BCUT2D eigenvalue weighted by Crippen LogP contribution is -2.32. The van der Waals surface area contributed by atoms with Gasteiger partial charge < -0.3 is 15.1 Å². The molecule has 2 N–H and O–H groups in total. The molecule has 0 aromatic carbocycles. The second kappa shape index (κ2) is 5.65. The zero-order valence-electron chi connectivity index (χ0n) is 10.9. The quantitative estimate of drug-likeness (QED) is 0.867. The molecule has 1 saturated heterocycles. The van der Waals surface area contributed by atoms with Crippen LogP contribution in [0.5, 0.6) is 0 Å². The van der Waals surface area contributed by atoms with Gasteiger partial charge in [-0.15, -0.1) is 0 Å². The summed E-state index contributed by atoms with van der Waals surface area (Å²) in [6.07, 6.45) is 4.89. The maximum absolute atomic E-state index is 5.76. The van der Waals surface area contributed by atoms with Gasteiger partial charge in [-0.1, -0.05) is 6.92 Å². The van der Waals surface area contributed by atoms with E-state index in [9.17, 15) is 0 Å². The number of hydrogen-bond acceptors (Lipinski definition) is 4. The van der Waals surface area contributed by atoms with E-state index in [0.29, 0.717) is 5.92 Å². The predicted molar refractivity (Wildman–Crippen MR) is 67.9 cm³/mol.